The van der Waals surface area contributed by atoms with Crippen molar-refractivity contribution in [2.24, 2.45) is 0 Å². The molecule has 2 heterocycles. The molecular formula is C19H19N4OS+. The SMILES string of the molecule is Cc1cc(NC2=[N+](c3ccccc3)C(O)(c3ccccc3)CS2)n[nH]1. The molecule has 1 aliphatic heterocycles. The Hall–Kier alpha value is -2.57. The maximum absolute atomic E-state index is 11.5. The van der Waals surface area contributed by atoms with E-state index in [0.29, 0.717) is 5.75 Å². The number of rotatable bonds is 3. The second-order valence-electron chi connectivity index (χ2n) is 6.01. The van der Waals surface area contributed by atoms with E-state index in [-0.39, 0.29) is 0 Å². The highest BCUT2D eigenvalue weighted by Gasteiger charge is 2.47. The summed E-state index contributed by atoms with van der Waals surface area (Å²) in [7, 11) is 0. The standard InChI is InChI=1S/C19H18N4OS/c1-14-12-17(22-21-14)20-18-23(16-10-6-3-7-11-16)19(24,13-25-18)15-8-4-2-5-9-15/h2-12,24H,13H2,1H3,(H,21,22)/p+1. The Morgan fingerprint density at radius 1 is 1.12 bits per heavy atom. The monoisotopic (exact) mass is 351 g/mol. The molecule has 2 aromatic carbocycles. The van der Waals surface area contributed by atoms with E-state index >= 15 is 0 Å². The zero-order chi connectivity index (χ0) is 17.3. The van der Waals surface area contributed by atoms with Gasteiger partial charge in [-0.15, -0.1) is 5.10 Å². The Morgan fingerprint density at radius 3 is 2.44 bits per heavy atom. The molecule has 1 unspecified atom stereocenters. The number of nitrogens with one attached hydrogen (secondary N) is 2. The molecule has 5 nitrogen and oxygen atoms in total. The number of nitrogens with zero attached hydrogens (tertiary/aromatic N) is 2. The third-order valence-electron chi connectivity index (χ3n) is 4.17. The topological polar surface area (TPSA) is 63.9 Å². The van der Waals surface area contributed by atoms with Crippen LogP contribution in [0.3, 0.4) is 0 Å². The fourth-order valence-electron chi connectivity index (χ4n) is 2.98. The number of amidine groups is 1. The van der Waals surface area contributed by atoms with Crippen LogP contribution in [0.5, 0.6) is 0 Å². The average Bonchev–Trinajstić information content (AvgIpc) is 3.21. The lowest BCUT2D eigenvalue weighted by Crippen LogP contribution is -2.37. The van der Waals surface area contributed by atoms with Gasteiger partial charge in [0, 0.05) is 17.3 Å². The fraction of sp³-hybridized carbons (Fsp3) is 0.158. The number of H-pyrrole nitrogens is 1. The molecule has 1 aromatic heterocycles. The van der Waals surface area contributed by atoms with E-state index in [4.69, 9.17) is 0 Å². The molecule has 126 valence electrons. The van der Waals surface area contributed by atoms with Crippen molar-refractivity contribution in [3.05, 3.63) is 78.0 Å². The number of hydrogen-bond acceptors (Lipinski definition) is 4. The van der Waals surface area contributed by atoms with Crippen molar-refractivity contribution in [3.8, 4) is 0 Å². The van der Waals surface area contributed by atoms with Crippen LogP contribution in [-0.4, -0.2) is 30.8 Å². The van der Waals surface area contributed by atoms with Crippen LogP contribution in [0.4, 0.5) is 11.5 Å². The molecule has 0 saturated heterocycles. The van der Waals surface area contributed by atoms with Gasteiger partial charge in [0.2, 0.25) is 11.5 Å². The molecule has 0 fully saturated rings. The summed E-state index contributed by atoms with van der Waals surface area (Å²) in [6.45, 7) is 1.96. The summed E-state index contributed by atoms with van der Waals surface area (Å²) in [5.41, 5.74) is 1.65. The Labute approximate surface area is 150 Å². The molecule has 3 aromatic rings. The average molecular weight is 351 g/mol. The fourth-order valence-corrected chi connectivity index (χ4v) is 4.17. The number of thioether (sulfide) groups is 1. The van der Waals surface area contributed by atoms with Gasteiger partial charge in [-0.3, -0.25) is 5.10 Å². The molecule has 0 spiro atoms. The minimum Gasteiger partial charge on any atom is -0.348 e. The van der Waals surface area contributed by atoms with Crippen molar-refractivity contribution in [2.75, 3.05) is 11.1 Å². The number of aromatic amines is 1. The van der Waals surface area contributed by atoms with Crippen molar-refractivity contribution < 1.29 is 9.68 Å². The molecule has 0 radical (unpaired) electrons. The van der Waals surface area contributed by atoms with Gasteiger partial charge in [0.1, 0.15) is 5.69 Å². The third kappa shape index (κ3) is 2.94. The van der Waals surface area contributed by atoms with Gasteiger partial charge in [-0.05, 0) is 30.8 Å². The van der Waals surface area contributed by atoms with Crippen molar-refractivity contribution >= 4 is 28.4 Å². The maximum Gasteiger partial charge on any atom is 0.320 e. The molecule has 0 bridgehead atoms. The Balaban J connectivity index is 1.83. The Kier molecular flexibility index (Phi) is 4.07. The quantitative estimate of drug-likeness (QED) is 0.633. The number of aryl methyl sites for hydroxylation is 1. The molecule has 0 aliphatic carbocycles. The first-order valence-electron chi connectivity index (χ1n) is 8.09. The lowest BCUT2D eigenvalue weighted by Gasteiger charge is -2.24. The van der Waals surface area contributed by atoms with Crippen molar-refractivity contribution in [1.29, 1.82) is 0 Å². The second kappa shape index (κ2) is 6.38. The van der Waals surface area contributed by atoms with E-state index in [2.05, 4.69) is 15.5 Å². The second-order valence-corrected chi connectivity index (χ2v) is 6.97. The first-order valence-corrected chi connectivity index (χ1v) is 9.07. The molecular weight excluding hydrogens is 332 g/mol. The smallest absolute Gasteiger partial charge is 0.320 e. The molecule has 1 atom stereocenters. The number of anilines is 1. The maximum atomic E-state index is 11.5. The van der Waals surface area contributed by atoms with Gasteiger partial charge >= 0.3 is 5.17 Å². The number of benzene rings is 2. The normalized spacial score (nSPS) is 20.1. The predicted octanol–water partition coefficient (Wildman–Crippen LogP) is 3.42. The van der Waals surface area contributed by atoms with Gasteiger partial charge in [0.25, 0.3) is 0 Å². The lowest BCUT2D eigenvalue weighted by atomic mass is 10.0. The number of para-hydroxylation sites is 1. The number of aromatic nitrogens is 2. The van der Waals surface area contributed by atoms with E-state index in [1.807, 2.05) is 78.2 Å². The summed E-state index contributed by atoms with van der Waals surface area (Å²) < 4.78 is 1.94. The Morgan fingerprint density at radius 2 is 1.80 bits per heavy atom. The third-order valence-corrected chi connectivity index (χ3v) is 5.28. The van der Waals surface area contributed by atoms with E-state index in [1.165, 1.54) is 0 Å². The van der Waals surface area contributed by atoms with Gasteiger partial charge < -0.3 is 5.11 Å². The molecule has 3 N–H and O–H groups in total. The first-order chi connectivity index (χ1) is 12.2. The highest BCUT2D eigenvalue weighted by Crippen LogP contribution is 2.39. The van der Waals surface area contributed by atoms with E-state index < -0.39 is 5.72 Å². The van der Waals surface area contributed by atoms with Crippen LogP contribution < -0.4 is 5.32 Å². The number of hydrogen-bond donors (Lipinski definition) is 3. The van der Waals surface area contributed by atoms with E-state index in [1.54, 1.807) is 11.8 Å². The van der Waals surface area contributed by atoms with Gasteiger partial charge in [-0.25, -0.2) is 5.32 Å². The van der Waals surface area contributed by atoms with Crippen LogP contribution in [0.1, 0.15) is 11.3 Å². The van der Waals surface area contributed by atoms with Crippen molar-refractivity contribution in [3.63, 3.8) is 0 Å². The van der Waals surface area contributed by atoms with Gasteiger partial charge in [0.15, 0.2) is 0 Å². The van der Waals surface area contributed by atoms with Gasteiger partial charge in [-0.2, -0.15) is 4.58 Å². The van der Waals surface area contributed by atoms with Crippen LogP contribution in [-0.2, 0) is 5.72 Å². The van der Waals surface area contributed by atoms with Crippen LogP contribution in [0.2, 0.25) is 0 Å². The summed E-state index contributed by atoms with van der Waals surface area (Å²) in [6.07, 6.45) is 0. The van der Waals surface area contributed by atoms with Crippen molar-refractivity contribution in [1.82, 2.24) is 10.2 Å². The highest BCUT2D eigenvalue weighted by atomic mass is 32.2. The largest absolute Gasteiger partial charge is 0.348 e. The summed E-state index contributed by atoms with van der Waals surface area (Å²) in [5, 5.41) is 22.9. The van der Waals surface area contributed by atoms with Crippen LogP contribution in [0.25, 0.3) is 0 Å². The summed E-state index contributed by atoms with van der Waals surface area (Å²) in [5.74, 6) is 1.26. The van der Waals surface area contributed by atoms with Crippen LogP contribution in [0.15, 0.2) is 66.7 Å². The summed E-state index contributed by atoms with van der Waals surface area (Å²) >= 11 is 1.58. The Bertz CT molecular complexity index is 907. The molecule has 0 amide bonds. The highest BCUT2D eigenvalue weighted by molar-refractivity contribution is 8.14. The first kappa shape index (κ1) is 15.9. The molecule has 1 aliphatic rings. The molecule has 25 heavy (non-hydrogen) atoms. The van der Waals surface area contributed by atoms with E-state index in [9.17, 15) is 5.11 Å². The summed E-state index contributed by atoms with van der Waals surface area (Å²) in [6, 6.07) is 21.6. The van der Waals surface area contributed by atoms with E-state index in [0.717, 1.165) is 27.9 Å². The minimum absolute atomic E-state index is 0.525. The van der Waals surface area contributed by atoms with Crippen molar-refractivity contribution in [2.45, 2.75) is 12.6 Å². The van der Waals surface area contributed by atoms with Crippen LogP contribution >= 0.6 is 11.8 Å². The van der Waals surface area contributed by atoms with Crippen LogP contribution in [0, 0.1) is 6.92 Å². The zero-order valence-electron chi connectivity index (χ0n) is 13.8. The van der Waals surface area contributed by atoms with Gasteiger partial charge in [-0.1, -0.05) is 48.5 Å². The number of aliphatic hydroxyl groups is 1. The van der Waals surface area contributed by atoms with Gasteiger partial charge in [0.05, 0.1) is 5.75 Å². The minimum atomic E-state index is -1.12. The zero-order valence-corrected chi connectivity index (χ0v) is 14.6. The predicted molar refractivity (Wildman–Crippen MR) is 101 cm³/mol. The molecule has 0 saturated carbocycles. The molecule has 6 heteroatoms. The molecule has 4 rings (SSSR count). The lowest BCUT2D eigenvalue weighted by molar-refractivity contribution is -0.592. The summed E-state index contributed by atoms with van der Waals surface area (Å²) in [4.78, 5) is 0.